The zero-order valence-corrected chi connectivity index (χ0v) is 20.2. The van der Waals surface area contributed by atoms with Gasteiger partial charge in [0.2, 0.25) is 0 Å². The second-order valence-corrected chi connectivity index (χ2v) is 9.66. The van der Waals surface area contributed by atoms with Gasteiger partial charge in [0, 0.05) is 55.1 Å². The molecule has 0 bridgehead atoms. The maximum absolute atomic E-state index is 5.70. The Morgan fingerprint density at radius 1 is 1.03 bits per heavy atom. The normalized spacial score (nSPS) is 17.7. The molecule has 0 amide bonds. The number of likely N-dealkylation sites (tertiary alicyclic amines) is 1. The van der Waals surface area contributed by atoms with E-state index < -0.39 is 0 Å². The number of fused-ring (bicyclic) bond motifs is 1. The lowest BCUT2D eigenvalue weighted by molar-refractivity contribution is 0.198. The van der Waals surface area contributed by atoms with E-state index in [2.05, 4.69) is 59.3 Å². The fraction of sp³-hybridized carbons (Fsp3) is 0.300. The average Bonchev–Trinajstić information content (AvgIpc) is 3.37. The molecule has 35 heavy (non-hydrogen) atoms. The Morgan fingerprint density at radius 2 is 1.91 bits per heavy atom. The summed E-state index contributed by atoms with van der Waals surface area (Å²) < 4.78 is 5.70. The highest BCUT2D eigenvalue weighted by atomic mass is 16.5. The highest BCUT2D eigenvalue weighted by Crippen LogP contribution is 2.36. The van der Waals surface area contributed by atoms with Gasteiger partial charge in [-0.15, -0.1) is 0 Å². The van der Waals surface area contributed by atoms with Crippen LogP contribution in [-0.4, -0.2) is 39.5 Å². The summed E-state index contributed by atoms with van der Waals surface area (Å²) in [6, 6.07) is 19.2. The first-order valence-electron chi connectivity index (χ1n) is 12.5. The largest absolute Gasteiger partial charge is 0.493 e. The van der Waals surface area contributed by atoms with Crippen molar-refractivity contribution in [3.8, 4) is 28.3 Å². The molecule has 2 aliphatic rings. The van der Waals surface area contributed by atoms with Gasteiger partial charge in [-0.25, -0.2) is 9.97 Å². The van der Waals surface area contributed by atoms with Crippen molar-refractivity contribution in [1.29, 1.82) is 0 Å². The highest BCUT2D eigenvalue weighted by molar-refractivity contribution is 5.70. The van der Waals surface area contributed by atoms with Gasteiger partial charge in [0.25, 0.3) is 0 Å². The van der Waals surface area contributed by atoms with Crippen molar-refractivity contribution in [3.63, 3.8) is 0 Å². The highest BCUT2D eigenvalue weighted by Gasteiger charge is 2.27. The van der Waals surface area contributed by atoms with E-state index in [0.29, 0.717) is 5.92 Å². The predicted molar refractivity (Wildman–Crippen MR) is 138 cm³/mol. The summed E-state index contributed by atoms with van der Waals surface area (Å²) in [7, 11) is 0. The molecule has 0 radical (unpaired) electrons. The van der Waals surface area contributed by atoms with Gasteiger partial charge in [0.15, 0.2) is 5.82 Å². The molecule has 0 unspecified atom stereocenters. The molecule has 2 aromatic heterocycles. The zero-order valence-electron chi connectivity index (χ0n) is 20.2. The van der Waals surface area contributed by atoms with E-state index in [1.807, 2.05) is 18.3 Å². The Labute approximate surface area is 206 Å². The Bertz CT molecular complexity index is 1340. The van der Waals surface area contributed by atoms with Crippen molar-refractivity contribution >= 4 is 0 Å². The monoisotopic (exact) mass is 462 g/mol. The molecule has 0 N–H and O–H groups in total. The van der Waals surface area contributed by atoms with Gasteiger partial charge in [-0.3, -0.25) is 9.88 Å². The first-order chi connectivity index (χ1) is 17.2. The first kappa shape index (κ1) is 21.9. The van der Waals surface area contributed by atoms with Crippen LogP contribution in [0.5, 0.6) is 5.75 Å². The Kier molecular flexibility index (Phi) is 6.01. The molecule has 1 saturated heterocycles. The number of rotatable bonds is 5. The Hall–Kier alpha value is -3.57. The molecule has 6 rings (SSSR count). The van der Waals surface area contributed by atoms with Gasteiger partial charge in [0.1, 0.15) is 5.75 Å². The molecule has 4 aromatic rings. The van der Waals surface area contributed by atoms with Gasteiger partial charge < -0.3 is 4.74 Å². The molecule has 4 heterocycles. The molecule has 5 nitrogen and oxygen atoms in total. The summed E-state index contributed by atoms with van der Waals surface area (Å²) in [5.41, 5.74) is 8.51. The molecule has 2 aliphatic heterocycles. The first-order valence-corrected chi connectivity index (χ1v) is 12.5. The van der Waals surface area contributed by atoms with Crippen molar-refractivity contribution in [2.75, 3.05) is 19.7 Å². The van der Waals surface area contributed by atoms with Crippen LogP contribution in [0.3, 0.4) is 0 Å². The van der Waals surface area contributed by atoms with Gasteiger partial charge in [-0.1, -0.05) is 36.4 Å². The van der Waals surface area contributed by atoms with E-state index in [9.17, 15) is 0 Å². The van der Waals surface area contributed by atoms with Crippen molar-refractivity contribution in [2.24, 2.45) is 0 Å². The van der Waals surface area contributed by atoms with Crippen molar-refractivity contribution in [1.82, 2.24) is 19.9 Å². The molecular weight excluding hydrogens is 432 g/mol. The molecule has 0 spiro atoms. The zero-order chi connectivity index (χ0) is 23.6. The minimum atomic E-state index is 0.361. The summed E-state index contributed by atoms with van der Waals surface area (Å²) in [6.07, 6.45) is 8.96. The van der Waals surface area contributed by atoms with Gasteiger partial charge in [-0.2, -0.15) is 0 Å². The molecular formula is C30H30N4O. The summed E-state index contributed by atoms with van der Waals surface area (Å²) in [5.74, 6) is 2.19. The van der Waals surface area contributed by atoms with Gasteiger partial charge >= 0.3 is 0 Å². The number of nitrogens with zero attached hydrogens (tertiary/aromatic N) is 4. The third-order valence-corrected chi connectivity index (χ3v) is 7.24. The Balaban J connectivity index is 1.33. The van der Waals surface area contributed by atoms with Gasteiger partial charge in [-0.05, 0) is 66.8 Å². The summed E-state index contributed by atoms with van der Waals surface area (Å²) in [6.45, 7) is 6.05. The van der Waals surface area contributed by atoms with Crippen LogP contribution in [0.4, 0.5) is 0 Å². The number of hydrogen-bond donors (Lipinski definition) is 0. The average molecular weight is 463 g/mol. The van der Waals surface area contributed by atoms with Crippen molar-refractivity contribution < 1.29 is 4.74 Å². The molecule has 1 atom stereocenters. The van der Waals surface area contributed by atoms with E-state index in [1.165, 1.54) is 28.7 Å². The fourth-order valence-corrected chi connectivity index (χ4v) is 5.45. The molecule has 5 heteroatoms. The number of hydrogen-bond acceptors (Lipinski definition) is 5. The van der Waals surface area contributed by atoms with Crippen LogP contribution in [0.2, 0.25) is 0 Å². The van der Waals surface area contributed by atoms with Crippen LogP contribution >= 0.6 is 0 Å². The number of pyridine rings is 1. The number of piperidine rings is 1. The van der Waals surface area contributed by atoms with E-state index in [4.69, 9.17) is 14.7 Å². The lowest BCUT2D eigenvalue weighted by Gasteiger charge is -2.33. The second kappa shape index (κ2) is 9.59. The summed E-state index contributed by atoms with van der Waals surface area (Å²) in [5, 5.41) is 0. The van der Waals surface area contributed by atoms with Crippen LogP contribution in [-0.2, 0) is 13.0 Å². The third-order valence-electron chi connectivity index (χ3n) is 7.24. The predicted octanol–water partition coefficient (Wildman–Crippen LogP) is 5.83. The molecule has 0 saturated carbocycles. The SMILES string of the molecule is Cc1ccccc1-c1cnc(-c2ccncc2)nc1[C@H]1CCCN(Cc2ccc3c(c2)CCO3)C1. The van der Waals surface area contributed by atoms with Crippen LogP contribution < -0.4 is 4.74 Å². The van der Waals surface area contributed by atoms with Crippen LogP contribution in [0.1, 0.15) is 41.1 Å². The standard InChI is InChI=1S/C30H30N4O/c1-21-5-2-3-7-26(21)27-18-32-30(23-10-13-31-14-11-23)33-29(27)25-6-4-15-34(20-25)19-22-8-9-28-24(17-22)12-16-35-28/h2-3,5,7-11,13-14,17-18,25H,4,6,12,15-16,19-20H2,1H3/t25-/m0/s1. The van der Waals surface area contributed by atoms with Crippen LogP contribution in [0.25, 0.3) is 22.5 Å². The minimum Gasteiger partial charge on any atom is -0.493 e. The molecule has 2 aromatic carbocycles. The van der Waals surface area contributed by atoms with Crippen molar-refractivity contribution in [3.05, 3.63) is 95.6 Å². The molecule has 176 valence electrons. The molecule has 1 fully saturated rings. The summed E-state index contributed by atoms with van der Waals surface area (Å²) in [4.78, 5) is 16.7. The molecule has 0 aliphatic carbocycles. The third kappa shape index (κ3) is 4.56. The van der Waals surface area contributed by atoms with Crippen LogP contribution in [0, 0.1) is 6.92 Å². The number of ether oxygens (including phenoxy) is 1. The Morgan fingerprint density at radius 3 is 2.80 bits per heavy atom. The summed E-state index contributed by atoms with van der Waals surface area (Å²) >= 11 is 0. The van der Waals surface area contributed by atoms with E-state index in [0.717, 1.165) is 67.5 Å². The second-order valence-electron chi connectivity index (χ2n) is 9.66. The maximum Gasteiger partial charge on any atom is 0.159 e. The number of benzene rings is 2. The number of aromatic nitrogens is 3. The lowest BCUT2D eigenvalue weighted by Crippen LogP contribution is -2.34. The van der Waals surface area contributed by atoms with E-state index in [1.54, 1.807) is 12.4 Å². The van der Waals surface area contributed by atoms with E-state index in [-0.39, 0.29) is 0 Å². The maximum atomic E-state index is 5.70. The lowest BCUT2D eigenvalue weighted by atomic mass is 9.88. The van der Waals surface area contributed by atoms with Crippen molar-refractivity contribution in [2.45, 2.75) is 38.6 Å². The van der Waals surface area contributed by atoms with Gasteiger partial charge in [0.05, 0.1) is 12.3 Å². The minimum absolute atomic E-state index is 0.361. The smallest absolute Gasteiger partial charge is 0.159 e. The fourth-order valence-electron chi connectivity index (χ4n) is 5.45. The quantitative estimate of drug-likeness (QED) is 0.374. The van der Waals surface area contributed by atoms with E-state index >= 15 is 0 Å². The number of aryl methyl sites for hydroxylation is 1. The topological polar surface area (TPSA) is 51.1 Å². The van der Waals surface area contributed by atoms with Crippen LogP contribution in [0.15, 0.2) is 73.2 Å².